The number of alkyl halides is 3. The Morgan fingerprint density at radius 1 is 1.08 bits per heavy atom. The van der Waals surface area contributed by atoms with Crippen LogP contribution in [0.1, 0.15) is 18.1 Å². The van der Waals surface area contributed by atoms with Gasteiger partial charge in [-0.2, -0.15) is 13.2 Å². The van der Waals surface area contributed by atoms with Gasteiger partial charge in [0.2, 0.25) is 10.8 Å². The summed E-state index contributed by atoms with van der Waals surface area (Å²) < 4.78 is 41.5. The van der Waals surface area contributed by atoms with Crippen molar-refractivity contribution < 1.29 is 17.9 Å². The van der Waals surface area contributed by atoms with E-state index in [0.29, 0.717) is 5.11 Å². The average Bonchev–Trinajstić information content (AvgIpc) is 3.33. The fraction of sp³-hybridized carbons (Fsp3) is 0.138. The van der Waals surface area contributed by atoms with Gasteiger partial charge in [0, 0.05) is 33.8 Å². The number of hydrazone groups is 1. The van der Waals surface area contributed by atoms with Crippen LogP contribution in [-0.2, 0) is 6.42 Å². The van der Waals surface area contributed by atoms with Crippen molar-refractivity contribution in [3.8, 4) is 5.69 Å². The number of nitrogens with zero attached hydrogens (tertiary/aromatic N) is 3. The number of rotatable bonds is 6. The molecule has 0 spiro atoms. The van der Waals surface area contributed by atoms with Crippen molar-refractivity contribution in [3.63, 3.8) is 0 Å². The Balaban J connectivity index is 1.36. The van der Waals surface area contributed by atoms with Crippen LogP contribution in [0, 0.1) is 6.92 Å². The normalized spacial score (nSPS) is 11.6. The molecule has 5 rings (SSSR count). The van der Waals surface area contributed by atoms with Crippen LogP contribution in [0.4, 0.5) is 24.5 Å². The van der Waals surface area contributed by atoms with Crippen molar-refractivity contribution in [1.82, 2.24) is 15.0 Å². The number of thiocarbonyl (C=S) groups is 1. The lowest BCUT2D eigenvalue weighted by atomic mass is 10.1. The Morgan fingerprint density at radius 2 is 1.85 bits per heavy atom. The van der Waals surface area contributed by atoms with E-state index in [0.717, 1.165) is 50.9 Å². The van der Waals surface area contributed by atoms with Crippen molar-refractivity contribution in [1.29, 1.82) is 0 Å². The van der Waals surface area contributed by atoms with Crippen LogP contribution in [0.25, 0.3) is 27.5 Å². The summed E-state index contributed by atoms with van der Waals surface area (Å²) >= 11 is 5.42. The van der Waals surface area contributed by atoms with Crippen LogP contribution in [-0.4, -0.2) is 31.6 Å². The second-order valence-electron chi connectivity index (χ2n) is 8.95. The van der Waals surface area contributed by atoms with Crippen LogP contribution in [0.15, 0.2) is 84.0 Å². The third kappa shape index (κ3) is 5.76. The molecule has 39 heavy (non-hydrogen) atoms. The zero-order valence-electron chi connectivity index (χ0n) is 21.2. The highest BCUT2D eigenvalue weighted by Gasteiger charge is 2.29. The van der Waals surface area contributed by atoms with Crippen molar-refractivity contribution in [2.75, 3.05) is 5.32 Å². The molecular weight excluding hydrogens is 539 g/mol. The van der Waals surface area contributed by atoms with Gasteiger partial charge in [-0.3, -0.25) is 4.57 Å². The maximum Gasteiger partial charge on any atom is 0.446 e. The summed E-state index contributed by atoms with van der Waals surface area (Å²) in [6.45, 7) is 8.24. The van der Waals surface area contributed by atoms with Crippen LogP contribution in [0.3, 0.4) is 0 Å². The third-order valence-corrected chi connectivity index (χ3v) is 7.32. The van der Waals surface area contributed by atoms with E-state index < -0.39 is 5.51 Å². The average molecular weight is 565 g/mol. The number of benzene rings is 4. The Labute approximate surface area is 233 Å². The predicted octanol–water partition coefficient (Wildman–Crippen LogP) is 7.91. The quantitative estimate of drug-likeness (QED) is 0.0722. The first kappa shape index (κ1) is 26.7. The number of fused-ring (bicyclic) bond motifs is 3. The van der Waals surface area contributed by atoms with Gasteiger partial charge in [0.05, 0.1) is 11.0 Å². The highest BCUT2D eigenvalue weighted by atomic mass is 32.2. The van der Waals surface area contributed by atoms with E-state index >= 15 is 0 Å². The lowest BCUT2D eigenvalue weighted by Crippen LogP contribution is -2.34. The Bertz CT molecular complexity index is 1710. The van der Waals surface area contributed by atoms with Crippen molar-refractivity contribution in [2.45, 2.75) is 30.7 Å². The molecule has 0 atom stereocenters. The Hall–Kier alpha value is -3.89. The third-order valence-electron chi connectivity index (χ3n) is 6.39. The van der Waals surface area contributed by atoms with Crippen LogP contribution < -0.4 is 10.7 Å². The first-order chi connectivity index (χ1) is 18.6. The summed E-state index contributed by atoms with van der Waals surface area (Å²) in [7, 11) is 0. The molecule has 10 heteroatoms. The van der Waals surface area contributed by atoms with Gasteiger partial charge < -0.3 is 5.32 Å². The summed E-state index contributed by atoms with van der Waals surface area (Å²) in [5.74, 6) is 0. The number of hydrogen-bond donors (Lipinski definition) is 2. The maximum absolute atomic E-state index is 12.7. The van der Waals surface area contributed by atoms with E-state index in [2.05, 4.69) is 35.4 Å². The lowest BCUT2D eigenvalue weighted by molar-refractivity contribution is -0.477. The van der Waals surface area contributed by atoms with Gasteiger partial charge >= 0.3 is 5.51 Å². The number of hydrogen-bond acceptors (Lipinski definition) is 3. The fourth-order valence-corrected chi connectivity index (χ4v) is 5.26. The standard InChI is InChI=1S/C29H24F3N5S2/c1-4-19-7-5-6-18(2)26(19)34-28(38)35-36(3)22-11-14-24-20(16-22)8-15-25-27(24)33-17-37(25)21-9-12-23(13-10-21)39-29(30,31)32/h5-17H,3-4H2,1-2H3,(H-,34,35,38)/p+1. The molecule has 5 nitrogen and oxygen atoms in total. The molecule has 1 aromatic heterocycles. The van der Waals surface area contributed by atoms with Crippen molar-refractivity contribution >= 4 is 69.0 Å². The van der Waals surface area contributed by atoms with E-state index in [1.54, 1.807) is 23.1 Å². The number of imidazole rings is 1. The minimum atomic E-state index is -4.32. The molecule has 0 radical (unpaired) electrons. The molecule has 0 saturated carbocycles. The molecule has 0 aliphatic carbocycles. The van der Waals surface area contributed by atoms with Crippen LogP contribution >= 0.6 is 24.0 Å². The van der Waals surface area contributed by atoms with E-state index in [4.69, 9.17) is 12.2 Å². The number of hydrazine groups is 1. The van der Waals surface area contributed by atoms with Gasteiger partial charge in [-0.1, -0.05) is 35.9 Å². The van der Waals surface area contributed by atoms with Crippen molar-refractivity contribution in [2.24, 2.45) is 0 Å². The zero-order chi connectivity index (χ0) is 27.7. The minimum absolute atomic E-state index is 0.129. The Kier molecular flexibility index (Phi) is 7.33. The van der Waals surface area contributed by atoms with Gasteiger partial charge in [-0.05, 0) is 90.2 Å². The first-order valence-electron chi connectivity index (χ1n) is 12.2. The molecule has 0 bridgehead atoms. The highest BCUT2D eigenvalue weighted by molar-refractivity contribution is 8.00. The highest BCUT2D eigenvalue weighted by Crippen LogP contribution is 2.37. The van der Waals surface area contributed by atoms with Crippen molar-refractivity contribution in [3.05, 3.63) is 90.3 Å². The number of nitrogens with one attached hydrogen (secondary N) is 2. The molecule has 0 fully saturated rings. The summed E-state index contributed by atoms with van der Waals surface area (Å²) in [6.07, 6.45) is 2.57. The smallest absolute Gasteiger partial charge is 0.328 e. The van der Waals surface area contributed by atoms with Gasteiger partial charge in [0.1, 0.15) is 6.33 Å². The number of anilines is 1. The maximum atomic E-state index is 12.7. The molecule has 198 valence electrons. The molecule has 0 unspecified atom stereocenters. The zero-order valence-corrected chi connectivity index (χ0v) is 22.8. The summed E-state index contributed by atoms with van der Waals surface area (Å²) in [6, 6.07) is 22.2. The molecule has 0 amide bonds. The second-order valence-corrected chi connectivity index (χ2v) is 10.5. The monoisotopic (exact) mass is 564 g/mol. The van der Waals surface area contributed by atoms with E-state index in [1.807, 2.05) is 54.0 Å². The number of thioether (sulfide) groups is 1. The summed E-state index contributed by atoms with van der Waals surface area (Å²) in [5.41, 5.74) is 5.27. The number of halogens is 3. The lowest BCUT2D eigenvalue weighted by Gasteiger charge is -2.14. The minimum Gasteiger partial charge on any atom is -0.328 e. The summed E-state index contributed by atoms with van der Waals surface area (Å²) in [5, 5.41) is 5.63. The molecule has 2 N–H and O–H groups in total. The van der Waals surface area contributed by atoms with Gasteiger partial charge in [-0.15, -0.1) is 5.43 Å². The number of aryl methyl sites for hydroxylation is 2. The SMILES string of the molecule is C=[N+](NC(=S)Nc1c(C)cccc1CC)c1ccc2c(ccc3c2ncn3-c2ccc(SC(F)(F)F)cc2)c1. The largest absolute Gasteiger partial charge is 0.446 e. The number of aromatic nitrogens is 2. The topological polar surface area (TPSA) is 44.9 Å². The van der Waals surface area contributed by atoms with Gasteiger partial charge in [0.15, 0.2) is 6.72 Å². The van der Waals surface area contributed by atoms with Crippen LogP contribution in [0.2, 0.25) is 0 Å². The van der Waals surface area contributed by atoms with Gasteiger partial charge in [-0.25, -0.2) is 4.98 Å². The molecule has 0 saturated heterocycles. The van der Waals surface area contributed by atoms with E-state index in [1.165, 1.54) is 17.7 Å². The molecule has 0 aliphatic heterocycles. The molecular formula is C29H25F3N5S2+. The molecule has 4 aromatic carbocycles. The van der Waals surface area contributed by atoms with E-state index in [9.17, 15) is 13.2 Å². The molecule has 0 aliphatic rings. The fourth-order valence-electron chi connectivity index (χ4n) is 4.51. The number of para-hydroxylation sites is 1. The Morgan fingerprint density at radius 3 is 2.56 bits per heavy atom. The van der Waals surface area contributed by atoms with Gasteiger partial charge in [0.25, 0.3) is 0 Å². The first-order valence-corrected chi connectivity index (χ1v) is 13.4. The van der Waals surface area contributed by atoms with E-state index in [-0.39, 0.29) is 16.7 Å². The predicted molar refractivity (Wildman–Crippen MR) is 157 cm³/mol. The molecule has 1 heterocycles. The van der Waals surface area contributed by atoms with Crippen LogP contribution in [0.5, 0.6) is 0 Å². The summed E-state index contributed by atoms with van der Waals surface area (Å²) in [4.78, 5) is 4.74. The second kappa shape index (κ2) is 10.7. The molecule has 5 aromatic rings.